The highest BCUT2D eigenvalue weighted by Gasteiger charge is 2.24. The lowest BCUT2D eigenvalue weighted by molar-refractivity contribution is 0.183. The number of benzene rings is 1. The number of rotatable bonds is 7. The van der Waals surface area contributed by atoms with E-state index in [0.29, 0.717) is 23.0 Å². The minimum absolute atomic E-state index is 0.176. The van der Waals surface area contributed by atoms with Crippen molar-refractivity contribution in [2.24, 2.45) is 5.92 Å². The van der Waals surface area contributed by atoms with Crippen LogP contribution in [-0.4, -0.2) is 34.2 Å². The van der Waals surface area contributed by atoms with Crippen molar-refractivity contribution in [2.75, 3.05) is 25.1 Å². The van der Waals surface area contributed by atoms with E-state index in [1.165, 1.54) is 0 Å². The highest BCUT2D eigenvalue weighted by Crippen LogP contribution is 2.25. The van der Waals surface area contributed by atoms with Gasteiger partial charge in [0.1, 0.15) is 4.90 Å². The van der Waals surface area contributed by atoms with Crippen LogP contribution in [0, 0.1) is 5.92 Å². The highest BCUT2D eigenvalue weighted by molar-refractivity contribution is 7.89. The number of anilines is 1. The van der Waals surface area contributed by atoms with E-state index in [4.69, 9.17) is 4.74 Å². The Morgan fingerprint density at radius 3 is 2.81 bits per heavy atom. The van der Waals surface area contributed by atoms with Crippen molar-refractivity contribution in [1.82, 2.24) is 4.72 Å². The smallest absolute Gasteiger partial charge is 0.242 e. The normalized spacial score (nSPS) is 20.4. The molecule has 0 bridgehead atoms. The van der Waals surface area contributed by atoms with Crippen molar-refractivity contribution >= 4 is 15.7 Å². The molecule has 21 heavy (non-hydrogen) atoms. The zero-order valence-electron chi connectivity index (χ0n) is 12.6. The molecule has 2 unspecified atom stereocenters. The van der Waals surface area contributed by atoms with Crippen LogP contribution in [0.25, 0.3) is 0 Å². The molecule has 1 aromatic carbocycles. The van der Waals surface area contributed by atoms with Gasteiger partial charge in [0.15, 0.2) is 0 Å². The van der Waals surface area contributed by atoms with E-state index in [9.17, 15) is 8.42 Å². The summed E-state index contributed by atoms with van der Waals surface area (Å²) in [5, 5.41) is 3.34. The first-order chi connectivity index (χ1) is 10.0. The Bertz CT molecular complexity index is 554. The molecule has 1 aliphatic rings. The molecule has 118 valence electrons. The molecule has 1 fully saturated rings. The molecule has 0 radical (unpaired) electrons. The first-order valence-electron chi connectivity index (χ1n) is 7.47. The number of para-hydroxylation sites is 1. The summed E-state index contributed by atoms with van der Waals surface area (Å²) in [6.07, 6.45) is 1.78. The van der Waals surface area contributed by atoms with Crippen molar-refractivity contribution in [3.63, 3.8) is 0 Å². The fourth-order valence-corrected chi connectivity index (χ4v) is 3.75. The second kappa shape index (κ2) is 7.24. The number of ether oxygens (including phenoxy) is 1. The van der Waals surface area contributed by atoms with E-state index in [2.05, 4.69) is 17.0 Å². The van der Waals surface area contributed by atoms with Gasteiger partial charge in [-0.15, -0.1) is 0 Å². The summed E-state index contributed by atoms with van der Waals surface area (Å²) in [7, 11) is -3.47. The van der Waals surface area contributed by atoms with Gasteiger partial charge in [0.25, 0.3) is 0 Å². The van der Waals surface area contributed by atoms with Gasteiger partial charge in [0.2, 0.25) is 10.0 Å². The average Bonchev–Trinajstić information content (AvgIpc) is 3.00. The van der Waals surface area contributed by atoms with Crippen LogP contribution in [-0.2, 0) is 14.8 Å². The molecule has 2 N–H and O–H groups in total. The molecule has 2 atom stereocenters. The first kappa shape index (κ1) is 16.3. The molecule has 0 aromatic heterocycles. The summed E-state index contributed by atoms with van der Waals surface area (Å²) < 4.78 is 32.7. The van der Waals surface area contributed by atoms with Crippen LogP contribution in [0.4, 0.5) is 5.69 Å². The molecule has 0 amide bonds. The quantitative estimate of drug-likeness (QED) is 0.810. The molecule has 2 rings (SSSR count). The predicted octanol–water partition coefficient (Wildman–Crippen LogP) is 2.21. The molecule has 0 spiro atoms. The summed E-state index contributed by atoms with van der Waals surface area (Å²) in [5.41, 5.74) is 0.653. The summed E-state index contributed by atoms with van der Waals surface area (Å²) in [6.45, 7) is 5.98. The average molecular weight is 312 g/mol. The Morgan fingerprint density at radius 1 is 1.38 bits per heavy atom. The summed E-state index contributed by atoms with van der Waals surface area (Å²) in [4.78, 5) is 0.309. The molecule has 1 aliphatic heterocycles. The van der Waals surface area contributed by atoms with Gasteiger partial charge >= 0.3 is 0 Å². The minimum atomic E-state index is -3.47. The van der Waals surface area contributed by atoms with E-state index in [1.807, 2.05) is 19.1 Å². The standard InChI is InChI=1S/C15H24N2O3S/c1-3-9-16-21(18,19)15-7-5-4-6-14(15)17-12(2)13-8-10-20-11-13/h4-7,12-13,16-17H,3,8-11H2,1-2H3. The van der Waals surface area contributed by atoms with Gasteiger partial charge in [-0.3, -0.25) is 0 Å². The van der Waals surface area contributed by atoms with Crippen molar-refractivity contribution < 1.29 is 13.2 Å². The van der Waals surface area contributed by atoms with E-state index in [-0.39, 0.29) is 6.04 Å². The molecule has 5 nitrogen and oxygen atoms in total. The SMILES string of the molecule is CCCNS(=O)(=O)c1ccccc1NC(C)C1CCOC1. The monoisotopic (exact) mass is 312 g/mol. The summed E-state index contributed by atoms with van der Waals surface area (Å²) >= 11 is 0. The number of nitrogens with one attached hydrogen (secondary N) is 2. The second-order valence-electron chi connectivity index (χ2n) is 5.45. The van der Waals surface area contributed by atoms with Gasteiger partial charge in [-0.25, -0.2) is 13.1 Å². The van der Waals surface area contributed by atoms with Gasteiger partial charge in [0.05, 0.1) is 12.3 Å². The van der Waals surface area contributed by atoms with Crippen LogP contribution in [0.3, 0.4) is 0 Å². The molecule has 1 aromatic rings. The Hall–Kier alpha value is -1.11. The van der Waals surface area contributed by atoms with Crippen LogP contribution in [0.5, 0.6) is 0 Å². The Balaban J connectivity index is 2.16. The van der Waals surface area contributed by atoms with E-state index < -0.39 is 10.0 Å². The molecule has 1 saturated heterocycles. The van der Waals surface area contributed by atoms with E-state index in [1.54, 1.807) is 12.1 Å². The molecule has 0 saturated carbocycles. The van der Waals surface area contributed by atoms with Crippen molar-refractivity contribution in [3.05, 3.63) is 24.3 Å². The second-order valence-corrected chi connectivity index (χ2v) is 7.19. The lowest BCUT2D eigenvalue weighted by Gasteiger charge is -2.22. The lowest BCUT2D eigenvalue weighted by Crippen LogP contribution is -2.29. The topological polar surface area (TPSA) is 67.4 Å². The minimum Gasteiger partial charge on any atom is -0.381 e. The van der Waals surface area contributed by atoms with Gasteiger partial charge in [-0.2, -0.15) is 0 Å². The Morgan fingerprint density at radius 2 is 2.14 bits per heavy atom. The Kier molecular flexibility index (Phi) is 5.61. The number of hydrogen-bond donors (Lipinski definition) is 2. The zero-order chi connectivity index (χ0) is 15.3. The van der Waals surface area contributed by atoms with Gasteiger partial charge in [-0.05, 0) is 31.9 Å². The molecule has 0 aliphatic carbocycles. The van der Waals surface area contributed by atoms with Gasteiger partial charge in [0, 0.05) is 25.1 Å². The Labute approximate surface area is 127 Å². The van der Waals surface area contributed by atoms with Crippen molar-refractivity contribution in [2.45, 2.75) is 37.6 Å². The van der Waals surface area contributed by atoms with Gasteiger partial charge in [-0.1, -0.05) is 19.1 Å². The van der Waals surface area contributed by atoms with E-state index in [0.717, 1.165) is 26.1 Å². The van der Waals surface area contributed by atoms with Crippen LogP contribution in [0.15, 0.2) is 29.2 Å². The fourth-order valence-electron chi connectivity index (χ4n) is 2.44. The van der Waals surface area contributed by atoms with Crippen LogP contribution < -0.4 is 10.0 Å². The van der Waals surface area contributed by atoms with Gasteiger partial charge < -0.3 is 10.1 Å². The maximum Gasteiger partial charge on any atom is 0.242 e. The van der Waals surface area contributed by atoms with Crippen LogP contribution in [0.2, 0.25) is 0 Å². The molecular weight excluding hydrogens is 288 g/mol. The number of hydrogen-bond acceptors (Lipinski definition) is 4. The maximum absolute atomic E-state index is 12.3. The first-order valence-corrected chi connectivity index (χ1v) is 8.96. The zero-order valence-corrected chi connectivity index (χ0v) is 13.4. The van der Waals surface area contributed by atoms with E-state index >= 15 is 0 Å². The summed E-state index contributed by atoms with van der Waals surface area (Å²) in [6, 6.07) is 7.22. The largest absolute Gasteiger partial charge is 0.381 e. The number of sulfonamides is 1. The molecule has 1 heterocycles. The van der Waals surface area contributed by atoms with Crippen LogP contribution >= 0.6 is 0 Å². The maximum atomic E-state index is 12.3. The summed E-state index contributed by atoms with van der Waals surface area (Å²) in [5.74, 6) is 0.421. The highest BCUT2D eigenvalue weighted by atomic mass is 32.2. The molecular formula is C15H24N2O3S. The van der Waals surface area contributed by atoms with Crippen molar-refractivity contribution in [3.8, 4) is 0 Å². The lowest BCUT2D eigenvalue weighted by atomic mass is 10.0. The third-order valence-corrected chi connectivity index (χ3v) is 5.29. The fraction of sp³-hybridized carbons (Fsp3) is 0.600. The van der Waals surface area contributed by atoms with Crippen LogP contribution in [0.1, 0.15) is 26.7 Å². The van der Waals surface area contributed by atoms with Crippen molar-refractivity contribution in [1.29, 1.82) is 0 Å². The third kappa shape index (κ3) is 4.18. The predicted molar refractivity (Wildman–Crippen MR) is 83.9 cm³/mol. The molecule has 6 heteroatoms. The third-order valence-electron chi connectivity index (χ3n) is 3.77.